The van der Waals surface area contributed by atoms with E-state index in [-0.39, 0.29) is 11.9 Å². The Kier molecular flexibility index (Phi) is 7.55. The topological polar surface area (TPSA) is 73.6 Å². The Morgan fingerprint density at radius 2 is 2.04 bits per heavy atom. The summed E-state index contributed by atoms with van der Waals surface area (Å²) < 4.78 is 10.4. The molecule has 1 fully saturated rings. The van der Waals surface area contributed by atoms with Gasteiger partial charge in [0, 0.05) is 37.5 Å². The van der Waals surface area contributed by atoms with Crippen LogP contribution in [-0.2, 0) is 14.3 Å². The number of nitrogens with two attached hydrogens (primary N) is 1. The minimum atomic E-state index is -0.484. The Bertz CT molecular complexity index is 516. The van der Waals surface area contributed by atoms with Gasteiger partial charge in [-0.1, -0.05) is 12.1 Å². The lowest BCUT2D eigenvalue weighted by Gasteiger charge is -2.35. The van der Waals surface area contributed by atoms with Crippen molar-refractivity contribution in [3.63, 3.8) is 0 Å². The molecule has 1 unspecified atom stereocenters. The van der Waals surface area contributed by atoms with Gasteiger partial charge < -0.3 is 20.5 Å². The van der Waals surface area contributed by atoms with Crippen molar-refractivity contribution in [2.45, 2.75) is 30.7 Å². The predicted octanol–water partition coefficient (Wildman–Crippen LogP) is 2.36. The standard InChI is InChI=1S/C18H28N2O3S/c1-14(15-3-5-16(6-4-15)24-12-11-22-2)20-17(21)18(13-19)7-9-23-10-8-18/h3-6,14H,7-13,19H2,1-2H3,(H,20,21). The Morgan fingerprint density at radius 3 is 2.62 bits per heavy atom. The first-order valence-electron chi connectivity index (χ1n) is 8.42. The van der Waals surface area contributed by atoms with E-state index in [0.717, 1.165) is 17.9 Å². The number of carbonyl (C=O) groups excluding carboxylic acids is 1. The summed E-state index contributed by atoms with van der Waals surface area (Å²) in [5.74, 6) is 0.975. The van der Waals surface area contributed by atoms with Gasteiger partial charge in [0.1, 0.15) is 0 Å². The molecule has 1 aromatic rings. The number of rotatable bonds is 8. The van der Waals surface area contributed by atoms with Gasteiger partial charge in [0.05, 0.1) is 18.1 Å². The van der Waals surface area contributed by atoms with E-state index >= 15 is 0 Å². The molecular weight excluding hydrogens is 324 g/mol. The molecule has 0 aromatic heterocycles. The molecule has 6 heteroatoms. The van der Waals surface area contributed by atoms with Crippen LogP contribution in [0.3, 0.4) is 0 Å². The second kappa shape index (κ2) is 9.42. The van der Waals surface area contributed by atoms with Gasteiger partial charge in [0.15, 0.2) is 0 Å². The van der Waals surface area contributed by atoms with Crippen LogP contribution in [0.4, 0.5) is 0 Å². The molecule has 5 nitrogen and oxygen atoms in total. The van der Waals surface area contributed by atoms with Crippen molar-refractivity contribution >= 4 is 17.7 Å². The Balaban J connectivity index is 1.93. The molecule has 1 aromatic carbocycles. The van der Waals surface area contributed by atoms with Gasteiger partial charge in [0.25, 0.3) is 0 Å². The van der Waals surface area contributed by atoms with Crippen LogP contribution >= 0.6 is 11.8 Å². The van der Waals surface area contributed by atoms with Crippen LogP contribution in [-0.4, -0.2) is 45.1 Å². The monoisotopic (exact) mass is 352 g/mol. The molecule has 3 N–H and O–H groups in total. The van der Waals surface area contributed by atoms with E-state index in [1.807, 2.05) is 6.92 Å². The maximum absolute atomic E-state index is 12.7. The summed E-state index contributed by atoms with van der Waals surface area (Å²) in [6.07, 6.45) is 1.38. The van der Waals surface area contributed by atoms with Crippen molar-refractivity contribution in [3.05, 3.63) is 29.8 Å². The lowest BCUT2D eigenvalue weighted by Crippen LogP contribution is -2.49. The molecular formula is C18H28N2O3S. The SMILES string of the molecule is COCCSc1ccc(C(C)NC(=O)C2(CN)CCOCC2)cc1. The smallest absolute Gasteiger partial charge is 0.228 e. The van der Waals surface area contributed by atoms with Crippen molar-refractivity contribution in [1.82, 2.24) is 5.32 Å². The number of hydrogen-bond acceptors (Lipinski definition) is 5. The van der Waals surface area contributed by atoms with Gasteiger partial charge in [-0.25, -0.2) is 0 Å². The summed E-state index contributed by atoms with van der Waals surface area (Å²) in [6.45, 7) is 4.32. The van der Waals surface area contributed by atoms with E-state index in [1.165, 1.54) is 4.90 Å². The molecule has 0 radical (unpaired) electrons. The normalized spacial score (nSPS) is 18.1. The molecule has 1 saturated heterocycles. The summed E-state index contributed by atoms with van der Waals surface area (Å²) in [5, 5.41) is 3.13. The first kappa shape index (κ1) is 19.2. The van der Waals surface area contributed by atoms with E-state index in [4.69, 9.17) is 15.2 Å². The predicted molar refractivity (Wildman–Crippen MR) is 97.1 cm³/mol. The highest BCUT2D eigenvalue weighted by molar-refractivity contribution is 7.99. The van der Waals surface area contributed by atoms with Gasteiger partial charge in [-0.05, 0) is 37.5 Å². The van der Waals surface area contributed by atoms with E-state index in [1.54, 1.807) is 18.9 Å². The minimum Gasteiger partial charge on any atom is -0.384 e. The molecule has 1 amide bonds. The van der Waals surface area contributed by atoms with Gasteiger partial charge in [-0.2, -0.15) is 0 Å². The molecule has 1 aliphatic rings. The van der Waals surface area contributed by atoms with E-state index in [0.29, 0.717) is 32.6 Å². The number of hydrogen-bond donors (Lipinski definition) is 2. The Hall–Kier alpha value is -1.08. The van der Waals surface area contributed by atoms with Crippen molar-refractivity contribution in [1.29, 1.82) is 0 Å². The van der Waals surface area contributed by atoms with E-state index < -0.39 is 5.41 Å². The maximum atomic E-state index is 12.7. The zero-order valence-electron chi connectivity index (χ0n) is 14.5. The fourth-order valence-electron chi connectivity index (χ4n) is 2.81. The highest BCUT2D eigenvalue weighted by Crippen LogP contribution is 2.30. The number of benzene rings is 1. The van der Waals surface area contributed by atoms with Gasteiger partial charge in [-0.15, -0.1) is 11.8 Å². The molecule has 134 valence electrons. The molecule has 1 atom stereocenters. The van der Waals surface area contributed by atoms with Crippen LogP contribution in [0.25, 0.3) is 0 Å². The van der Waals surface area contributed by atoms with Crippen molar-refractivity contribution in [2.24, 2.45) is 11.1 Å². The molecule has 1 heterocycles. The number of nitrogens with one attached hydrogen (secondary N) is 1. The third kappa shape index (κ3) is 4.96. The number of methoxy groups -OCH3 is 1. The Morgan fingerprint density at radius 1 is 1.38 bits per heavy atom. The van der Waals surface area contributed by atoms with Crippen LogP contribution in [0.5, 0.6) is 0 Å². The molecule has 0 spiro atoms. The molecule has 24 heavy (non-hydrogen) atoms. The molecule has 2 rings (SSSR count). The van der Waals surface area contributed by atoms with Gasteiger partial charge >= 0.3 is 0 Å². The summed E-state index contributed by atoms with van der Waals surface area (Å²) in [7, 11) is 1.71. The first-order valence-corrected chi connectivity index (χ1v) is 9.40. The molecule has 0 saturated carbocycles. The highest BCUT2D eigenvalue weighted by Gasteiger charge is 2.39. The maximum Gasteiger partial charge on any atom is 0.228 e. The lowest BCUT2D eigenvalue weighted by atomic mass is 9.79. The summed E-state index contributed by atoms with van der Waals surface area (Å²) in [6, 6.07) is 8.27. The van der Waals surface area contributed by atoms with E-state index in [9.17, 15) is 4.79 Å². The highest BCUT2D eigenvalue weighted by atomic mass is 32.2. The molecule has 0 aliphatic carbocycles. The minimum absolute atomic E-state index is 0.0400. The fraction of sp³-hybridized carbons (Fsp3) is 0.611. The first-order chi connectivity index (χ1) is 11.6. The van der Waals surface area contributed by atoms with Crippen LogP contribution in [0.2, 0.25) is 0 Å². The lowest BCUT2D eigenvalue weighted by molar-refractivity contribution is -0.136. The second-order valence-electron chi connectivity index (χ2n) is 6.20. The van der Waals surface area contributed by atoms with Crippen molar-refractivity contribution < 1.29 is 14.3 Å². The molecule has 1 aliphatic heterocycles. The number of ether oxygens (including phenoxy) is 2. The fourth-order valence-corrected chi connectivity index (χ4v) is 3.63. The van der Waals surface area contributed by atoms with Gasteiger partial charge in [-0.3, -0.25) is 4.79 Å². The summed E-state index contributed by atoms with van der Waals surface area (Å²) in [5.41, 5.74) is 6.51. The van der Waals surface area contributed by atoms with Crippen molar-refractivity contribution in [3.8, 4) is 0 Å². The summed E-state index contributed by atoms with van der Waals surface area (Å²) >= 11 is 1.76. The number of amides is 1. The van der Waals surface area contributed by atoms with E-state index in [2.05, 4.69) is 29.6 Å². The Labute approximate surface area is 148 Å². The number of carbonyl (C=O) groups is 1. The van der Waals surface area contributed by atoms with Crippen LogP contribution < -0.4 is 11.1 Å². The average molecular weight is 353 g/mol. The van der Waals surface area contributed by atoms with Crippen LogP contribution in [0, 0.1) is 5.41 Å². The zero-order chi connectivity index (χ0) is 17.4. The third-order valence-electron chi connectivity index (χ3n) is 4.61. The average Bonchev–Trinajstić information content (AvgIpc) is 2.63. The van der Waals surface area contributed by atoms with Crippen molar-refractivity contribution in [2.75, 3.05) is 39.2 Å². The largest absolute Gasteiger partial charge is 0.384 e. The quantitative estimate of drug-likeness (QED) is 0.555. The van der Waals surface area contributed by atoms with Gasteiger partial charge in [0.2, 0.25) is 5.91 Å². The van der Waals surface area contributed by atoms with Crippen LogP contribution in [0.1, 0.15) is 31.4 Å². The number of thioether (sulfide) groups is 1. The molecule has 0 bridgehead atoms. The van der Waals surface area contributed by atoms with Crippen LogP contribution in [0.15, 0.2) is 29.2 Å². The third-order valence-corrected chi connectivity index (χ3v) is 5.58. The second-order valence-corrected chi connectivity index (χ2v) is 7.37. The zero-order valence-corrected chi connectivity index (χ0v) is 15.4. The summed E-state index contributed by atoms with van der Waals surface area (Å²) in [4.78, 5) is 13.9.